The number of aryl methyl sites for hydroxylation is 2. The zero-order valence-electron chi connectivity index (χ0n) is 36.3. The van der Waals surface area contributed by atoms with Crippen LogP contribution in [0.5, 0.6) is 5.75 Å². The molecule has 0 bridgehead atoms. The number of allylic oxidation sites excluding steroid dienone is 4. The number of rotatable bonds is 12. The number of hydrogen-bond acceptors (Lipinski definition) is 8. The Hall–Kier alpha value is -6.59. The standard InChI is InChI=1S/C53H54N6O5/c1-35-8-5-6-11-43(35)45-19-16-39-30-42(64-34-36-9-3-2-4-10-36)18-21-44(39)50(45)38-14-12-37(13-15-38)40-32-54-58(33-40)25-7-24-56-26-28-57(29-27-56)41-17-20-46-47(31-41)53(63)59(52(46)62)48-22-23-49(60)55-51(48)61/h2-6,8-15,17-18,20-21,30-33,35,43,45,48,50H,7,16,19,22-29,34H2,1H3,(H,55,60,61)/t35?,43-,45?,48?,50?/m0/s1. The maximum atomic E-state index is 13.4. The molecule has 1 aromatic heterocycles. The van der Waals surface area contributed by atoms with Gasteiger partial charge in [-0.15, -0.1) is 0 Å². The summed E-state index contributed by atoms with van der Waals surface area (Å²) in [6.45, 7) is 8.04. The monoisotopic (exact) mass is 854 g/mol. The number of ether oxygens (including phenoxy) is 1. The van der Waals surface area contributed by atoms with Gasteiger partial charge in [-0.3, -0.25) is 39.0 Å². The van der Waals surface area contributed by atoms with Gasteiger partial charge in [0.15, 0.2) is 0 Å². The number of amides is 4. The van der Waals surface area contributed by atoms with Crippen molar-refractivity contribution < 1.29 is 23.9 Å². The molecule has 2 fully saturated rings. The van der Waals surface area contributed by atoms with Crippen LogP contribution in [-0.4, -0.2) is 82.0 Å². The Morgan fingerprint density at radius 2 is 1.56 bits per heavy atom. The van der Waals surface area contributed by atoms with Gasteiger partial charge in [0.1, 0.15) is 18.4 Å². The Morgan fingerprint density at radius 3 is 2.36 bits per heavy atom. The summed E-state index contributed by atoms with van der Waals surface area (Å²) in [4.78, 5) is 56.4. The molecule has 5 atom stereocenters. The smallest absolute Gasteiger partial charge is 0.262 e. The highest BCUT2D eigenvalue weighted by Gasteiger charge is 2.45. The van der Waals surface area contributed by atoms with Crippen molar-refractivity contribution in [3.63, 3.8) is 0 Å². The van der Waals surface area contributed by atoms with Gasteiger partial charge in [-0.1, -0.05) is 91.9 Å². The number of carbonyl (C=O) groups is 4. The number of fused-ring (bicyclic) bond motifs is 2. The summed E-state index contributed by atoms with van der Waals surface area (Å²) < 4.78 is 8.32. The predicted octanol–water partition coefficient (Wildman–Crippen LogP) is 7.82. The summed E-state index contributed by atoms with van der Waals surface area (Å²) in [7, 11) is 0. The van der Waals surface area contributed by atoms with Crippen molar-refractivity contribution in [3.8, 4) is 16.9 Å². The second-order valence-electron chi connectivity index (χ2n) is 18.0. The Morgan fingerprint density at radius 1 is 0.766 bits per heavy atom. The van der Waals surface area contributed by atoms with Crippen LogP contribution in [0.15, 0.2) is 128 Å². The van der Waals surface area contributed by atoms with Crippen LogP contribution >= 0.6 is 0 Å². The first-order chi connectivity index (χ1) is 31.3. The molecule has 2 saturated heterocycles. The lowest BCUT2D eigenvalue weighted by Gasteiger charge is -2.40. The summed E-state index contributed by atoms with van der Waals surface area (Å²) in [6.07, 6.45) is 16.7. The van der Waals surface area contributed by atoms with E-state index >= 15 is 0 Å². The van der Waals surface area contributed by atoms with Crippen LogP contribution in [0.4, 0.5) is 5.69 Å². The Kier molecular flexibility index (Phi) is 11.6. The zero-order valence-corrected chi connectivity index (χ0v) is 36.3. The van der Waals surface area contributed by atoms with Crippen LogP contribution in [0, 0.1) is 17.8 Å². The van der Waals surface area contributed by atoms with Gasteiger partial charge in [-0.2, -0.15) is 5.10 Å². The van der Waals surface area contributed by atoms with Gasteiger partial charge in [0.2, 0.25) is 11.8 Å². The maximum Gasteiger partial charge on any atom is 0.262 e. The van der Waals surface area contributed by atoms with E-state index in [2.05, 4.69) is 124 Å². The van der Waals surface area contributed by atoms with Crippen molar-refractivity contribution in [3.05, 3.63) is 161 Å². The molecule has 0 saturated carbocycles. The Labute approximate surface area is 374 Å². The number of anilines is 1. The van der Waals surface area contributed by atoms with Crippen LogP contribution in [0.3, 0.4) is 0 Å². The molecule has 0 radical (unpaired) electrons. The minimum absolute atomic E-state index is 0.0972. The molecule has 4 unspecified atom stereocenters. The van der Waals surface area contributed by atoms with E-state index in [0.717, 1.165) is 80.4 Å². The molecule has 4 amide bonds. The molecule has 11 nitrogen and oxygen atoms in total. The second kappa shape index (κ2) is 17.9. The van der Waals surface area contributed by atoms with E-state index < -0.39 is 23.8 Å². The van der Waals surface area contributed by atoms with Crippen molar-refractivity contribution in [1.29, 1.82) is 0 Å². The van der Waals surface area contributed by atoms with Gasteiger partial charge in [0, 0.05) is 69.1 Å². The number of aromatic nitrogens is 2. The lowest BCUT2D eigenvalue weighted by molar-refractivity contribution is -0.136. The summed E-state index contributed by atoms with van der Waals surface area (Å²) in [6, 6.07) is 30.7. The normalized spacial score (nSPS) is 23.3. The third kappa shape index (κ3) is 8.32. The molecular formula is C53H54N6O5. The van der Waals surface area contributed by atoms with Crippen LogP contribution < -0.4 is 15.0 Å². The third-order valence-corrected chi connectivity index (χ3v) is 14.1. The zero-order chi connectivity index (χ0) is 43.7. The minimum Gasteiger partial charge on any atom is -0.489 e. The lowest BCUT2D eigenvalue weighted by Crippen LogP contribution is -2.54. The molecule has 326 valence electrons. The Balaban J connectivity index is 0.747. The number of piperazine rings is 1. The first-order valence-electron chi connectivity index (χ1n) is 22.9. The van der Waals surface area contributed by atoms with Crippen LogP contribution in [0.25, 0.3) is 11.1 Å². The van der Waals surface area contributed by atoms with Crippen molar-refractivity contribution >= 4 is 29.3 Å². The van der Waals surface area contributed by atoms with E-state index in [0.29, 0.717) is 35.5 Å². The number of imide groups is 2. The average molecular weight is 855 g/mol. The fourth-order valence-electron chi connectivity index (χ4n) is 10.6. The molecule has 4 heterocycles. The summed E-state index contributed by atoms with van der Waals surface area (Å²) in [5.41, 5.74) is 9.11. The molecule has 10 rings (SSSR count). The number of nitrogens with one attached hydrogen (secondary N) is 1. The molecular weight excluding hydrogens is 801 g/mol. The van der Waals surface area contributed by atoms with Crippen LogP contribution in [0.2, 0.25) is 0 Å². The highest BCUT2D eigenvalue weighted by atomic mass is 16.5. The minimum atomic E-state index is -0.968. The first-order valence-corrected chi connectivity index (χ1v) is 22.9. The molecule has 64 heavy (non-hydrogen) atoms. The van der Waals surface area contributed by atoms with E-state index in [-0.39, 0.29) is 24.7 Å². The maximum absolute atomic E-state index is 13.4. The van der Waals surface area contributed by atoms with Gasteiger partial charge in [0.05, 0.1) is 17.3 Å². The van der Waals surface area contributed by atoms with Gasteiger partial charge >= 0.3 is 0 Å². The fourth-order valence-corrected chi connectivity index (χ4v) is 10.6. The van der Waals surface area contributed by atoms with Gasteiger partial charge < -0.3 is 9.64 Å². The summed E-state index contributed by atoms with van der Waals surface area (Å²) in [5, 5.41) is 7.00. The molecule has 5 aromatic rings. The van der Waals surface area contributed by atoms with Crippen molar-refractivity contribution in [2.24, 2.45) is 17.8 Å². The lowest BCUT2D eigenvalue weighted by atomic mass is 9.64. The third-order valence-electron chi connectivity index (χ3n) is 14.1. The molecule has 1 N–H and O–H groups in total. The largest absolute Gasteiger partial charge is 0.489 e. The van der Waals surface area contributed by atoms with Crippen molar-refractivity contribution in [1.82, 2.24) is 24.9 Å². The van der Waals surface area contributed by atoms with E-state index in [9.17, 15) is 19.2 Å². The van der Waals surface area contributed by atoms with E-state index in [1.807, 2.05) is 18.3 Å². The summed E-state index contributed by atoms with van der Waals surface area (Å²) >= 11 is 0. The van der Waals surface area contributed by atoms with Crippen molar-refractivity contribution in [2.45, 2.75) is 64.1 Å². The number of nitrogens with zero attached hydrogens (tertiary/aromatic N) is 5. The Bertz CT molecular complexity index is 2630. The highest BCUT2D eigenvalue weighted by Crippen LogP contribution is 2.48. The van der Waals surface area contributed by atoms with Crippen LogP contribution in [-0.2, 0) is 29.2 Å². The first kappa shape index (κ1) is 41.4. The number of hydrogen-bond donors (Lipinski definition) is 1. The second-order valence-corrected chi connectivity index (χ2v) is 18.0. The molecule has 5 aliphatic rings. The quantitative estimate of drug-likeness (QED) is 0.126. The topological polar surface area (TPSA) is 117 Å². The molecule has 0 spiro atoms. The predicted molar refractivity (Wildman–Crippen MR) is 246 cm³/mol. The number of carbonyl (C=O) groups excluding carboxylic acids is 4. The average Bonchev–Trinajstić information content (AvgIpc) is 3.90. The molecule has 11 heteroatoms. The highest BCUT2D eigenvalue weighted by molar-refractivity contribution is 6.23. The molecule has 4 aromatic carbocycles. The summed E-state index contributed by atoms with van der Waals surface area (Å²) in [5.74, 6) is 0.728. The fraction of sp³-hybridized carbons (Fsp3) is 0.340. The molecule has 2 aliphatic carbocycles. The van der Waals surface area contributed by atoms with Gasteiger partial charge in [0.25, 0.3) is 11.8 Å². The van der Waals surface area contributed by atoms with E-state index in [4.69, 9.17) is 9.84 Å². The van der Waals surface area contributed by atoms with Gasteiger partial charge in [-0.05, 0) is 102 Å². The van der Waals surface area contributed by atoms with Gasteiger partial charge in [-0.25, -0.2) is 0 Å². The van der Waals surface area contributed by atoms with Crippen molar-refractivity contribution in [2.75, 3.05) is 37.6 Å². The SMILES string of the molecule is CC1C=CC=C[C@@H]1C1CCc2cc(OCc3ccccc3)ccc2C1c1ccc(-c2cnn(CCCN3CCN(c4ccc5c(c4)C(=O)N(C4CCC(=O)NC4=O)C5=O)CC3)c2)cc1. The number of piperidine rings is 1. The van der Waals surface area contributed by atoms with E-state index in [1.54, 1.807) is 12.1 Å². The number of benzene rings is 4. The van der Waals surface area contributed by atoms with E-state index in [1.165, 1.54) is 27.8 Å². The molecule has 3 aliphatic heterocycles. The van der Waals surface area contributed by atoms with Crippen LogP contribution in [0.1, 0.15) is 81.5 Å².